The van der Waals surface area contributed by atoms with Gasteiger partial charge < -0.3 is 25.0 Å². The molecule has 0 bridgehead atoms. The van der Waals surface area contributed by atoms with Gasteiger partial charge in [0.2, 0.25) is 0 Å². The summed E-state index contributed by atoms with van der Waals surface area (Å²) in [4.78, 5) is 23.9. The molecule has 188 valence electrons. The zero-order chi connectivity index (χ0) is 23.9. The highest BCUT2D eigenvalue weighted by atomic mass is 15.2. The van der Waals surface area contributed by atoms with Crippen LogP contribution in [-0.4, -0.2) is 75.2 Å². The van der Waals surface area contributed by atoms with Gasteiger partial charge in [-0.1, -0.05) is 0 Å². The molecule has 0 unspecified atom stereocenters. The number of imidazole rings is 1. The summed E-state index contributed by atoms with van der Waals surface area (Å²) in [5.74, 6) is 4.30. The molecule has 4 aliphatic rings. The summed E-state index contributed by atoms with van der Waals surface area (Å²) < 4.78 is 2.45. The van der Waals surface area contributed by atoms with Gasteiger partial charge in [0.25, 0.3) is 0 Å². The minimum Gasteiger partial charge on any atom is -0.377 e. The zero-order valence-electron chi connectivity index (χ0n) is 20.9. The minimum atomic E-state index is 0.458. The van der Waals surface area contributed by atoms with E-state index in [-0.39, 0.29) is 0 Å². The van der Waals surface area contributed by atoms with Gasteiger partial charge in [0.15, 0.2) is 11.6 Å². The fraction of sp³-hybridized carbons (Fsp3) is 0.556. The van der Waals surface area contributed by atoms with Crippen molar-refractivity contribution in [2.45, 2.75) is 50.5 Å². The standard InChI is InChI=1S/C27H35N9/c1-10-34(11-1)14-15-36-17-23(21-4-7-28-22(16-21)19-2-3-19)33-26(36)20-5-12-35(13-6-20)27-24-25(31-18-32-27)30-9-8-29-24/h4,7,16-20,29H,1-3,5-6,8-15H2,(H,30,31,32). The Morgan fingerprint density at radius 1 is 0.889 bits per heavy atom. The Balaban J connectivity index is 1.12. The Bertz CT molecular complexity index is 1220. The van der Waals surface area contributed by atoms with Crippen LogP contribution >= 0.6 is 0 Å². The van der Waals surface area contributed by atoms with Crippen molar-refractivity contribution in [1.82, 2.24) is 29.4 Å². The number of aromatic nitrogens is 5. The van der Waals surface area contributed by atoms with Crippen LogP contribution in [0.5, 0.6) is 0 Å². The van der Waals surface area contributed by atoms with Crippen LogP contribution in [0.25, 0.3) is 11.3 Å². The van der Waals surface area contributed by atoms with Gasteiger partial charge in [0, 0.05) is 74.8 Å². The van der Waals surface area contributed by atoms with Crippen LogP contribution in [0.4, 0.5) is 17.3 Å². The number of nitrogens with one attached hydrogen (secondary N) is 2. The first kappa shape index (κ1) is 22.0. The van der Waals surface area contributed by atoms with E-state index in [0.717, 1.165) is 75.1 Å². The first-order chi connectivity index (χ1) is 17.8. The van der Waals surface area contributed by atoms with Crippen molar-refractivity contribution >= 4 is 17.3 Å². The maximum atomic E-state index is 5.26. The minimum absolute atomic E-state index is 0.458. The molecule has 9 heteroatoms. The summed E-state index contributed by atoms with van der Waals surface area (Å²) in [5.41, 5.74) is 4.58. The molecule has 3 aliphatic heterocycles. The van der Waals surface area contributed by atoms with Gasteiger partial charge in [-0.15, -0.1) is 0 Å². The molecule has 6 heterocycles. The number of rotatable bonds is 7. The van der Waals surface area contributed by atoms with Gasteiger partial charge in [-0.2, -0.15) is 0 Å². The Hall–Kier alpha value is -3.20. The van der Waals surface area contributed by atoms with Crippen molar-refractivity contribution in [3.63, 3.8) is 0 Å². The van der Waals surface area contributed by atoms with Gasteiger partial charge in [-0.05, 0) is 57.3 Å². The number of hydrogen-bond donors (Lipinski definition) is 2. The van der Waals surface area contributed by atoms with Gasteiger partial charge in [-0.3, -0.25) is 4.98 Å². The maximum absolute atomic E-state index is 5.26. The third-order valence-electron chi connectivity index (χ3n) is 8.19. The lowest BCUT2D eigenvalue weighted by Crippen LogP contribution is -2.39. The average Bonchev–Trinajstić information content (AvgIpc) is 3.67. The number of pyridine rings is 1. The average molecular weight is 486 g/mol. The molecule has 0 radical (unpaired) electrons. The monoisotopic (exact) mass is 485 g/mol. The third kappa shape index (κ3) is 4.30. The second kappa shape index (κ2) is 9.35. The largest absolute Gasteiger partial charge is 0.377 e. The number of nitrogens with zero attached hydrogens (tertiary/aromatic N) is 7. The Morgan fingerprint density at radius 2 is 1.75 bits per heavy atom. The topological polar surface area (TPSA) is 87.0 Å². The van der Waals surface area contributed by atoms with E-state index in [2.05, 4.69) is 58.3 Å². The van der Waals surface area contributed by atoms with Crippen molar-refractivity contribution in [3.8, 4) is 11.3 Å². The molecule has 1 aliphatic carbocycles. The molecule has 36 heavy (non-hydrogen) atoms. The van der Waals surface area contributed by atoms with Gasteiger partial charge in [0.05, 0.1) is 5.69 Å². The predicted octanol–water partition coefficient (Wildman–Crippen LogP) is 3.54. The molecule has 3 aromatic rings. The van der Waals surface area contributed by atoms with Crippen LogP contribution in [0.1, 0.15) is 55.5 Å². The molecule has 2 N–H and O–H groups in total. The van der Waals surface area contributed by atoms with E-state index >= 15 is 0 Å². The van der Waals surface area contributed by atoms with E-state index in [1.165, 1.54) is 49.4 Å². The SMILES string of the molecule is c1cc(-c2cn(CCN3CCC3)c(C3CCN(c4ncnc5c4NCCN5)CC3)n2)cc(C2CC2)n1. The molecule has 7 rings (SSSR count). The molecule has 0 amide bonds. The summed E-state index contributed by atoms with van der Waals surface area (Å²) in [6, 6.07) is 4.39. The van der Waals surface area contributed by atoms with E-state index in [1.54, 1.807) is 6.33 Å². The lowest BCUT2D eigenvalue weighted by atomic mass is 9.95. The van der Waals surface area contributed by atoms with E-state index in [9.17, 15) is 0 Å². The lowest BCUT2D eigenvalue weighted by Gasteiger charge is -2.35. The first-order valence-electron chi connectivity index (χ1n) is 13.7. The summed E-state index contributed by atoms with van der Waals surface area (Å²) in [6.45, 7) is 8.34. The van der Waals surface area contributed by atoms with E-state index in [4.69, 9.17) is 4.98 Å². The van der Waals surface area contributed by atoms with Crippen LogP contribution in [0.15, 0.2) is 30.9 Å². The summed E-state index contributed by atoms with van der Waals surface area (Å²) in [6.07, 6.45) is 12.0. The molecule has 9 nitrogen and oxygen atoms in total. The molecule has 0 aromatic carbocycles. The highest BCUT2D eigenvalue weighted by Gasteiger charge is 2.29. The molecule has 0 spiro atoms. The van der Waals surface area contributed by atoms with E-state index in [1.807, 2.05) is 6.20 Å². The molecule has 0 atom stereocenters. The molecular weight excluding hydrogens is 450 g/mol. The van der Waals surface area contributed by atoms with Gasteiger partial charge in [0.1, 0.15) is 17.8 Å². The lowest BCUT2D eigenvalue weighted by molar-refractivity contribution is 0.173. The molecular formula is C27H35N9. The Labute approximate surface area is 212 Å². The number of piperidine rings is 1. The maximum Gasteiger partial charge on any atom is 0.157 e. The fourth-order valence-corrected chi connectivity index (χ4v) is 5.77. The van der Waals surface area contributed by atoms with Crippen molar-refractivity contribution in [3.05, 3.63) is 42.4 Å². The van der Waals surface area contributed by atoms with Crippen LogP contribution in [0.2, 0.25) is 0 Å². The predicted molar refractivity (Wildman–Crippen MR) is 142 cm³/mol. The second-order valence-corrected chi connectivity index (χ2v) is 10.7. The summed E-state index contributed by atoms with van der Waals surface area (Å²) >= 11 is 0. The highest BCUT2D eigenvalue weighted by Crippen LogP contribution is 2.40. The fourth-order valence-electron chi connectivity index (χ4n) is 5.77. The van der Waals surface area contributed by atoms with Crippen molar-refractivity contribution < 1.29 is 0 Å². The molecule has 3 fully saturated rings. The van der Waals surface area contributed by atoms with Crippen LogP contribution in [0, 0.1) is 0 Å². The Kier molecular flexibility index (Phi) is 5.72. The summed E-state index contributed by atoms with van der Waals surface area (Å²) in [5, 5.41) is 6.89. The van der Waals surface area contributed by atoms with Crippen molar-refractivity contribution in [1.29, 1.82) is 0 Å². The van der Waals surface area contributed by atoms with E-state index < -0.39 is 0 Å². The zero-order valence-corrected chi connectivity index (χ0v) is 20.9. The van der Waals surface area contributed by atoms with Crippen molar-refractivity contribution in [2.75, 3.05) is 61.3 Å². The van der Waals surface area contributed by atoms with Crippen LogP contribution in [-0.2, 0) is 6.54 Å². The van der Waals surface area contributed by atoms with Crippen LogP contribution < -0.4 is 15.5 Å². The van der Waals surface area contributed by atoms with Crippen LogP contribution in [0.3, 0.4) is 0 Å². The number of fused-ring (bicyclic) bond motifs is 1. The van der Waals surface area contributed by atoms with Gasteiger partial charge in [-0.25, -0.2) is 15.0 Å². The van der Waals surface area contributed by atoms with Gasteiger partial charge >= 0.3 is 0 Å². The molecule has 1 saturated carbocycles. The Morgan fingerprint density at radius 3 is 2.56 bits per heavy atom. The number of anilines is 3. The number of likely N-dealkylation sites (tertiary alicyclic amines) is 1. The normalized spacial score (nSPS) is 20.4. The molecule has 2 saturated heterocycles. The third-order valence-corrected chi connectivity index (χ3v) is 8.19. The van der Waals surface area contributed by atoms with Crippen molar-refractivity contribution in [2.24, 2.45) is 0 Å². The summed E-state index contributed by atoms with van der Waals surface area (Å²) in [7, 11) is 0. The highest BCUT2D eigenvalue weighted by molar-refractivity contribution is 5.79. The number of hydrogen-bond acceptors (Lipinski definition) is 8. The second-order valence-electron chi connectivity index (χ2n) is 10.7. The molecule has 3 aromatic heterocycles. The first-order valence-corrected chi connectivity index (χ1v) is 13.7. The smallest absolute Gasteiger partial charge is 0.157 e. The van der Waals surface area contributed by atoms with E-state index in [0.29, 0.717) is 11.8 Å². The quantitative estimate of drug-likeness (QED) is 0.526.